The molecule has 0 N–H and O–H groups in total. The number of hydrogen-bond donors (Lipinski definition) is 0. The van der Waals surface area contributed by atoms with E-state index >= 15 is 0 Å². The average molecular weight is 408 g/mol. The normalized spacial score (nSPS) is 10.9. The van der Waals surface area contributed by atoms with Crippen LogP contribution in [-0.2, 0) is 5.75 Å². The number of hydrogen-bond acceptors (Lipinski definition) is 7. The summed E-state index contributed by atoms with van der Waals surface area (Å²) in [6.45, 7) is 0. The molecule has 0 bridgehead atoms. The molecule has 0 radical (unpaired) electrons. The molecule has 6 nitrogen and oxygen atoms in total. The molecule has 0 aliphatic carbocycles. The van der Waals surface area contributed by atoms with Crippen LogP contribution in [0.5, 0.6) is 17.2 Å². The molecule has 1 heterocycles. The highest BCUT2D eigenvalue weighted by molar-refractivity contribution is 7.98. The second kappa shape index (κ2) is 8.45. The Bertz CT molecular complexity index is 1120. The third-order valence-corrected chi connectivity index (χ3v) is 5.44. The highest BCUT2D eigenvalue weighted by Gasteiger charge is 2.17. The Morgan fingerprint density at radius 2 is 1.55 bits per heavy atom. The van der Waals surface area contributed by atoms with Crippen molar-refractivity contribution in [3.8, 4) is 28.7 Å². The lowest BCUT2D eigenvalue weighted by atomic mass is 10.1. The van der Waals surface area contributed by atoms with Crippen molar-refractivity contribution < 1.29 is 18.6 Å². The van der Waals surface area contributed by atoms with Gasteiger partial charge in [0.25, 0.3) is 0 Å². The van der Waals surface area contributed by atoms with E-state index in [1.165, 1.54) is 10.8 Å². The van der Waals surface area contributed by atoms with Crippen LogP contribution < -0.4 is 14.2 Å². The zero-order valence-electron chi connectivity index (χ0n) is 16.3. The van der Waals surface area contributed by atoms with E-state index in [2.05, 4.69) is 40.5 Å². The van der Waals surface area contributed by atoms with Gasteiger partial charge in [0.05, 0.1) is 27.1 Å². The number of thioether (sulfide) groups is 1. The van der Waals surface area contributed by atoms with Crippen LogP contribution in [0, 0.1) is 0 Å². The average Bonchev–Trinajstić information content (AvgIpc) is 3.25. The van der Waals surface area contributed by atoms with E-state index < -0.39 is 0 Å². The van der Waals surface area contributed by atoms with Gasteiger partial charge in [-0.05, 0) is 35.0 Å². The Kier molecular flexibility index (Phi) is 5.57. The van der Waals surface area contributed by atoms with Gasteiger partial charge in [0.15, 0.2) is 11.5 Å². The summed E-state index contributed by atoms with van der Waals surface area (Å²) in [5.41, 5.74) is 0.703. The standard InChI is InChI=1S/C22H20N2O4S/c1-25-18-11-16(12-19(26-2)21(18)27-3)22-24-23-20(28-22)13-29-17-9-8-14-6-4-5-7-15(14)10-17/h4-12H,13H2,1-3H3. The first kappa shape index (κ1) is 19.1. The minimum Gasteiger partial charge on any atom is -0.493 e. The summed E-state index contributed by atoms with van der Waals surface area (Å²) in [5.74, 6) is 3.12. The molecule has 4 aromatic rings. The molecule has 0 saturated heterocycles. The molecule has 0 fully saturated rings. The second-order valence-electron chi connectivity index (χ2n) is 6.21. The van der Waals surface area contributed by atoms with Crippen molar-refractivity contribution in [3.63, 3.8) is 0 Å². The van der Waals surface area contributed by atoms with E-state index in [1.807, 2.05) is 12.1 Å². The van der Waals surface area contributed by atoms with Gasteiger partial charge in [0.1, 0.15) is 0 Å². The minimum atomic E-state index is 0.401. The summed E-state index contributed by atoms with van der Waals surface area (Å²) in [6.07, 6.45) is 0. The Labute approximate surface area is 172 Å². The predicted octanol–water partition coefficient (Wildman–Crippen LogP) is 5.21. The molecular weight excluding hydrogens is 388 g/mol. The highest BCUT2D eigenvalue weighted by atomic mass is 32.2. The lowest BCUT2D eigenvalue weighted by molar-refractivity contribution is 0.324. The van der Waals surface area contributed by atoms with Crippen molar-refractivity contribution in [3.05, 3.63) is 60.5 Å². The zero-order valence-corrected chi connectivity index (χ0v) is 17.2. The summed E-state index contributed by atoms with van der Waals surface area (Å²) >= 11 is 1.65. The molecule has 4 rings (SSSR count). The number of fused-ring (bicyclic) bond motifs is 1. The lowest BCUT2D eigenvalue weighted by Gasteiger charge is -2.12. The number of benzene rings is 3. The first-order valence-electron chi connectivity index (χ1n) is 8.96. The fraction of sp³-hybridized carbons (Fsp3) is 0.182. The van der Waals surface area contributed by atoms with Gasteiger partial charge in [-0.1, -0.05) is 30.3 Å². The van der Waals surface area contributed by atoms with Gasteiger partial charge in [-0.2, -0.15) is 0 Å². The van der Waals surface area contributed by atoms with Crippen molar-refractivity contribution in [1.82, 2.24) is 10.2 Å². The van der Waals surface area contributed by atoms with E-state index in [0.29, 0.717) is 40.3 Å². The summed E-state index contributed by atoms with van der Waals surface area (Å²) in [4.78, 5) is 1.15. The van der Waals surface area contributed by atoms with E-state index in [4.69, 9.17) is 18.6 Å². The molecule has 29 heavy (non-hydrogen) atoms. The molecule has 0 aliphatic heterocycles. The molecule has 0 atom stereocenters. The molecule has 0 amide bonds. The van der Waals surface area contributed by atoms with Crippen molar-refractivity contribution in [1.29, 1.82) is 0 Å². The van der Waals surface area contributed by atoms with Crippen LogP contribution in [0.3, 0.4) is 0 Å². The third kappa shape index (κ3) is 4.00. The zero-order chi connectivity index (χ0) is 20.2. The summed E-state index contributed by atoms with van der Waals surface area (Å²) in [7, 11) is 4.70. The van der Waals surface area contributed by atoms with Crippen LogP contribution in [0.4, 0.5) is 0 Å². The van der Waals surface area contributed by atoms with E-state index in [9.17, 15) is 0 Å². The second-order valence-corrected chi connectivity index (χ2v) is 7.26. The van der Waals surface area contributed by atoms with Crippen molar-refractivity contribution in [2.45, 2.75) is 10.6 Å². The number of rotatable bonds is 7. The van der Waals surface area contributed by atoms with Crippen molar-refractivity contribution in [2.75, 3.05) is 21.3 Å². The molecule has 0 unspecified atom stereocenters. The van der Waals surface area contributed by atoms with Crippen LogP contribution in [-0.4, -0.2) is 31.5 Å². The summed E-state index contributed by atoms with van der Waals surface area (Å²) < 4.78 is 22.0. The van der Waals surface area contributed by atoms with Gasteiger partial charge < -0.3 is 18.6 Å². The monoisotopic (exact) mass is 408 g/mol. The van der Waals surface area contributed by atoms with Crippen LogP contribution in [0.25, 0.3) is 22.2 Å². The van der Waals surface area contributed by atoms with Gasteiger partial charge in [0, 0.05) is 10.5 Å². The Hall–Kier alpha value is -3.19. The first-order chi connectivity index (χ1) is 14.2. The molecule has 0 aliphatic rings. The van der Waals surface area contributed by atoms with E-state index in [0.717, 1.165) is 4.90 Å². The van der Waals surface area contributed by atoms with Crippen LogP contribution in [0.15, 0.2) is 63.9 Å². The van der Waals surface area contributed by atoms with Gasteiger partial charge in [-0.15, -0.1) is 22.0 Å². The maximum atomic E-state index is 5.86. The number of ether oxygens (including phenoxy) is 3. The Morgan fingerprint density at radius 3 is 2.24 bits per heavy atom. The van der Waals surface area contributed by atoms with Gasteiger partial charge >= 0.3 is 0 Å². The van der Waals surface area contributed by atoms with Gasteiger partial charge in [-0.25, -0.2) is 0 Å². The quantitative estimate of drug-likeness (QED) is 0.389. The molecule has 0 spiro atoms. The van der Waals surface area contributed by atoms with Gasteiger partial charge in [0.2, 0.25) is 17.5 Å². The Balaban J connectivity index is 1.53. The Morgan fingerprint density at radius 1 is 0.828 bits per heavy atom. The predicted molar refractivity (Wildman–Crippen MR) is 113 cm³/mol. The molecule has 0 saturated carbocycles. The smallest absolute Gasteiger partial charge is 0.248 e. The maximum Gasteiger partial charge on any atom is 0.248 e. The maximum absolute atomic E-state index is 5.86. The summed E-state index contributed by atoms with van der Waals surface area (Å²) in [6, 6.07) is 18.2. The largest absolute Gasteiger partial charge is 0.493 e. The van der Waals surface area contributed by atoms with Crippen molar-refractivity contribution in [2.24, 2.45) is 0 Å². The molecule has 3 aromatic carbocycles. The molecular formula is C22H20N2O4S. The van der Waals surface area contributed by atoms with Crippen LogP contribution in [0.2, 0.25) is 0 Å². The number of nitrogens with zero attached hydrogens (tertiary/aromatic N) is 2. The highest BCUT2D eigenvalue weighted by Crippen LogP contribution is 2.41. The topological polar surface area (TPSA) is 66.6 Å². The minimum absolute atomic E-state index is 0.401. The fourth-order valence-corrected chi connectivity index (χ4v) is 3.82. The van der Waals surface area contributed by atoms with Gasteiger partial charge in [-0.3, -0.25) is 0 Å². The molecule has 7 heteroatoms. The molecule has 148 valence electrons. The van der Waals surface area contributed by atoms with E-state index in [1.54, 1.807) is 45.2 Å². The van der Waals surface area contributed by atoms with Crippen molar-refractivity contribution >= 4 is 22.5 Å². The summed E-state index contributed by atoms with van der Waals surface area (Å²) in [5, 5.41) is 10.8. The number of methoxy groups -OCH3 is 3. The fourth-order valence-electron chi connectivity index (χ4n) is 3.04. The number of aromatic nitrogens is 2. The van der Waals surface area contributed by atoms with Crippen LogP contribution in [0.1, 0.15) is 5.89 Å². The van der Waals surface area contributed by atoms with Crippen LogP contribution >= 0.6 is 11.8 Å². The third-order valence-electron chi connectivity index (χ3n) is 4.46. The first-order valence-corrected chi connectivity index (χ1v) is 9.94. The lowest BCUT2D eigenvalue weighted by Crippen LogP contribution is -1.95. The molecule has 1 aromatic heterocycles. The SMILES string of the molecule is COc1cc(-c2nnc(CSc3ccc4ccccc4c3)o2)cc(OC)c1OC. The van der Waals surface area contributed by atoms with E-state index in [-0.39, 0.29) is 0 Å².